The second-order valence-corrected chi connectivity index (χ2v) is 7.55. The molecular formula is C22H19N3O2S. The van der Waals surface area contributed by atoms with Gasteiger partial charge in [-0.25, -0.2) is 14.8 Å². The van der Waals surface area contributed by atoms with Crippen LogP contribution in [0.15, 0.2) is 72.0 Å². The summed E-state index contributed by atoms with van der Waals surface area (Å²) in [5.41, 5.74) is 5.52. The molecular weight excluding hydrogens is 370 g/mol. The summed E-state index contributed by atoms with van der Waals surface area (Å²) in [6.45, 7) is 2.78. The van der Waals surface area contributed by atoms with Gasteiger partial charge in [-0.15, -0.1) is 0 Å². The quantitative estimate of drug-likeness (QED) is 0.481. The number of hydrogen-bond donors (Lipinski definition) is 1. The lowest BCUT2D eigenvalue weighted by Crippen LogP contribution is -2.03. The van der Waals surface area contributed by atoms with Crippen LogP contribution in [0.1, 0.15) is 27.0 Å². The first kappa shape index (κ1) is 18.3. The highest BCUT2D eigenvalue weighted by molar-refractivity contribution is 7.98. The first-order valence-corrected chi connectivity index (χ1v) is 9.90. The number of hydrogen-bond acceptors (Lipinski definition) is 4. The van der Waals surface area contributed by atoms with Crippen LogP contribution in [-0.4, -0.2) is 25.6 Å². The molecule has 5 nitrogen and oxygen atoms in total. The van der Waals surface area contributed by atoms with Crippen molar-refractivity contribution in [3.05, 3.63) is 89.1 Å². The number of aromatic nitrogens is 3. The predicted molar refractivity (Wildman–Crippen MR) is 111 cm³/mol. The van der Waals surface area contributed by atoms with E-state index in [4.69, 9.17) is 10.1 Å². The number of imidazole rings is 1. The molecule has 0 fully saturated rings. The van der Waals surface area contributed by atoms with Gasteiger partial charge in [0.05, 0.1) is 12.1 Å². The van der Waals surface area contributed by atoms with Gasteiger partial charge in [0.25, 0.3) is 0 Å². The molecule has 4 rings (SSSR count). The van der Waals surface area contributed by atoms with Crippen LogP contribution in [0.3, 0.4) is 0 Å². The van der Waals surface area contributed by atoms with Crippen LogP contribution in [0.5, 0.6) is 0 Å². The summed E-state index contributed by atoms with van der Waals surface area (Å²) in [7, 11) is 0. The fourth-order valence-corrected chi connectivity index (χ4v) is 3.92. The van der Waals surface area contributed by atoms with Crippen molar-refractivity contribution >= 4 is 28.9 Å². The Bertz CT molecular complexity index is 1120. The number of fused-ring (bicyclic) bond motifs is 1. The van der Waals surface area contributed by atoms with E-state index in [-0.39, 0.29) is 0 Å². The van der Waals surface area contributed by atoms with Crippen molar-refractivity contribution in [3.8, 4) is 0 Å². The van der Waals surface area contributed by atoms with Crippen LogP contribution < -0.4 is 0 Å². The van der Waals surface area contributed by atoms with E-state index < -0.39 is 5.97 Å². The minimum absolute atomic E-state index is 0.296. The van der Waals surface area contributed by atoms with Gasteiger partial charge in [-0.1, -0.05) is 53.7 Å². The number of aromatic carboxylic acids is 1. The molecule has 0 aliphatic heterocycles. The Morgan fingerprint density at radius 3 is 2.46 bits per heavy atom. The summed E-state index contributed by atoms with van der Waals surface area (Å²) in [6.07, 6.45) is 1.79. The molecule has 0 amide bonds. The molecule has 2 aromatic heterocycles. The van der Waals surface area contributed by atoms with Crippen LogP contribution in [0.4, 0.5) is 0 Å². The molecule has 28 heavy (non-hydrogen) atoms. The van der Waals surface area contributed by atoms with Crippen LogP contribution in [0.2, 0.25) is 0 Å². The third-order valence-corrected chi connectivity index (χ3v) is 5.55. The Morgan fingerprint density at radius 1 is 1.04 bits per heavy atom. The average Bonchev–Trinajstić information content (AvgIpc) is 3.06. The van der Waals surface area contributed by atoms with Gasteiger partial charge < -0.3 is 5.11 Å². The number of aryl methyl sites for hydroxylation is 1. The summed E-state index contributed by atoms with van der Waals surface area (Å²) in [6, 6.07) is 19.3. The lowest BCUT2D eigenvalue weighted by molar-refractivity contribution is 0.0697. The number of carboxylic acid groups (broad SMARTS) is 1. The molecule has 4 aromatic rings. The molecule has 6 heteroatoms. The van der Waals surface area contributed by atoms with Gasteiger partial charge in [0.15, 0.2) is 10.8 Å². The molecule has 0 aliphatic carbocycles. The van der Waals surface area contributed by atoms with Crippen molar-refractivity contribution in [2.45, 2.75) is 24.4 Å². The SMILES string of the molecule is Cc1ccc(Cn2c(SCc3ccc(C(=O)O)cc3)nc3cccnc32)cc1. The van der Waals surface area contributed by atoms with Crippen molar-refractivity contribution in [1.82, 2.24) is 14.5 Å². The Kier molecular flexibility index (Phi) is 5.12. The number of carboxylic acids is 1. The molecule has 2 aromatic carbocycles. The van der Waals surface area contributed by atoms with Crippen LogP contribution >= 0.6 is 11.8 Å². The Morgan fingerprint density at radius 2 is 1.75 bits per heavy atom. The molecule has 0 aliphatic rings. The molecule has 0 saturated carbocycles. The summed E-state index contributed by atoms with van der Waals surface area (Å²) in [5, 5.41) is 9.93. The van der Waals surface area contributed by atoms with Gasteiger partial charge >= 0.3 is 5.97 Å². The zero-order chi connectivity index (χ0) is 19.5. The Balaban J connectivity index is 1.60. The Hall–Kier alpha value is -3.12. The van der Waals surface area contributed by atoms with E-state index in [1.807, 2.05) is 24.3 Å². The third kappa shape index (κ3) is 3.92. The maximum Gasteiger partial charge on any atom is 0.335 e. The zero-order valence-electron chi connectivity index (χ0n) is 15.4. The largest absolute Gasteiger partial charge is 0.478 e. The van der Waals surface area contributed by atoms with E-state index in [0.717, 1.165) is 21.9 Å². The maximum atomic E-state index is 11.0. The van der Waals surface area contributed by atoms with E-state index in [9.17, 15) is 4.79 Å². The van der Waals surface area contributed by atoms with Crippen molar-refractivity contribution in [2.24, 2.45) is 0 Å². The van der Waals surface area contributed by atoms with Gasteiger partial charge in [-0.05, 0) is 42.3 Å². The normalized spacial score (nSPS) is 11.0. The molecule has 2 heterocycles. The minimum Gasteiger partial charge on any atom is -0.478 e. The van der Waals surface area contributed by atoms with Gasteiger partial charge in [0, 0.05) is 11.9 Å². The second kappa shape index (κ2) is 7.86. The second-order valence-electron chi connectivity index (χ2n) is 6.60. The van der Waals surface area contributed by atoms with Gasteiger partial charge in [-0.3, -0.25) is 4.57 Å². The van der Waals surface area contributed by atoms with E-state index >= 15 is 0 Å². The number of benzene rings is 2. The molecule has 0 spiro atoms. The van der Waals surface area contributed by atoms with Gasteiger partial charge in [-0.2, -0.15) is 0 Å². The van der Waals surface area contributed by atoms with Gasteiger partial charge in [0.1, 0.15) is 5.52 Å². The maximum absolute atomic E-state index is 11.0. The minimum atomic E-state index is -0.912. The summed E-state index contributed by atoms with van der Waals surface area (Å²) in [5.74, 6) is -0.206. The molecule has 0 saturated heterocycles. The smallest absolute Gasteiger partial charge is 0.335 e. The molecule has 0 bridgehead atoms. The van der Waals surface area contributed by atoms with Crippen LogP contribution in [0, 0.1) is 6.92 Å². The van der Waals surface area contributed by atoms with E-state index in [0.29, 0.717) is 17.9 Å². The van der Waals surface area contributed by atoms with Crippen LogP contribution in [-0.2, 0) is 12.3 Å². The standard InChI is InChI=1S/C22H19N3O2S/c1-15-4-6-16(7-5-15)13-25-20-19(3-2-12-23-20)24-22(25)28-14-17-8-10-18(11-9-17)21(26)27/h2-12H,13-14H2,1H3,(H,26,27). The van der Waals surface area contributed by atoms with Crippen molar-refractivity contribution in [3.63, 3.8) is 0 Å². The molecule has 0 unspecified atom stereocenters. The fraction of sp³-hybridized carbons (Fsp3) is 0.136. The first-order valence-electron chi connectivity index (χ1n) is 8.92. The average molecular weight is 389 g/mol. The number of pyridine rings is 1. The summed E-state index contributed by atoms with van der Waals surface area (Å²) in [4.78, 5) is 20.3. The zero-order valence-corrected chi connectivity index (χ0v) is 16.2. The van der Waals surface area contributed by atoms with E-state index in [1.165, 1.54) is 11.1 Å². The van der Waals surface area contributed by atoms with Crippen molar-refractivity contribution < 1.29 is 9.90 Å². The number of thioether (sulfide) groups is 1. The molecule has 0 radical (unpaired) electrons. The van der Waals surface area contributed by atoms with Crippen molar-refractivity contribution in [1.29, 1.82) is 0 Å². The summed E-state index contributed by atoms with van der Waals surface area (Å²) < 4.78 is 2.14. The fourth-order valence-electron chi connectivity index (χ4n) is 2.96. The Labute approximate surface area is 167 Å². The summed E-state index contributed by atoms with van der Waals surface area (Å²) >= 11 is 1.63. The molecule has 1 N–H and O–H groups in total. The first-order chi connectivity index (χ1) is 13.6. The highest BCUT2D eigenvalue weighted by Crippen LogP contribution is 2.27. The lowest BCUT2D eigenvalue weighted by Gasteiger charge is -2.09. The van der Waals surface area contributed by atoms with Crippen LogP contribution in [0.25, 0.3) is 11.2 Å². The highest BCUT2D eigenvalue weighted by atomic mass is 32.2. The number of carbonyl (C=O) groups is 1. The predicted octanol–water partition coefficient (Wildman–Crippen LogP) is 4.78. The highest BCUT2D eigenvalue weighted by Gasteiger charge is 2.13. The van der Waals surface area contributed by atoms with E-state index in [1.54, 1.807) is 30.1 Å². The number of rotatable bonds is 6. The lowest BCUT2D eigenvalue weighted by atomic mass is 10.1. The van der Waals surface area contributed by atoms with Crippen molar-refractivity contribution in [2.75, 3.05) is 0 Å². The van der Waals surface area contributed by atoms with E-state index in [2.05, 4.69) is 40.7 Å². The topological polar surface area (TPSA) is 68.0 Å². The molecule has 0 atom stereocenters. The monoisotopic (exact) mass is 389 g/mol. The number of nitrogens with zero attached hydrogens (tertiary/aromatic N) is 3. The van der Waals surface area contributed by atoms with Gasteiger partial charge in [0.2, 0.25) is 0 Å². The third-order valence-electron chi connectivity index (χ3n) is 4.50. The molecule has 140 valence electrons.